The molecule has 0 spiro atoms. The minimum Gasteiger partial charge on any atom is -0.341 e. The predicted molar refractivity (Wildman–Crippen MR) is 103 cm³/mol. The van der Waals surface area contributed by atoms with Gasteiger partial charge in [-0.25, -0.2) is 0 Å². The maximum atomic E-state index is 12.8. The molecule has 3 aliphatic rings. The number of amides is 2. The van der Waals surface area contributed by atoms with Gasteiger partial charge in [-0.3, -0.25) is 14.3 Å². The van der Waals surface area contributed by atoms with Crippen molar-refractivity contribution in [2.75, 3.05) is 19.6 Å². The lowest BCUT2D eigenvalue weighted by atomic mass is 9.89. The van der Waals surface area contributed by atoms with E-state index >= 15 is 0 Å². The first-order chi connectivity index (χ1) is 13.2. The molecule has 0 N–H and O–H groups in total. The third-order valence-electron chi connectivity index (χ3n) is 6.40. The van der Waals surface area contributed by atoms with E-state index in [1.54, 1.807) is 0 Å². The maximum absolute atomic E-state index is 12.8. The summed E-state index contributed by atoms with van der Waals surface area (Å²) in [7, 11) is 0. The number of carbonyl (C=O) groups excluding carboxylic acids is 2. The van der Waals surface area contributed by atoms with Gasteiger partial charge in [0.15, 0.2) is 0 Å². The van der Waals surface area contributed by atoms with Crippen LogP contribution in [0.25, 0.3) is 0 Å². The summed E-state index contributed by atoms with van der Waals surface area (Å²) in [4.78, 5) is 29.0. The number of aryl methyl sites for hydroxylation is 1. The number of carbonyl (C=O) groups is 2. The Hall–Kier alpha value is -2.11. The van der Waals surface area contributed by atoms with Gasteiger partial charge < -0.3 is 9.80 Å². The molecule has 1 fully saturated rings. The molecule has 0 unspecified atom stereocenters. The van der Waals surface area contributed by atoms with Crippen LogP contribution < -0.4 is 0 Å². The third-order valence-corrected chi connectivity index (χ3v) is 6.40. The van der Waals surface area contributed by atoms with Crippen molar-refractivity contribution in [3.63, 3.8) is 0 Å². The molecule has 27 heavy (non-hydrogen) atoms. The molecule has 3 heterocycles. The lowest BCUT2D eigenvalue weighted by Gasteiger charge is -2.37. The zero-order chi connectivity index (χ0) is 18.6. The Labute approximate surface area is 161 Å². The van der Waals surface area contributed by atoms with Gasteiger partial charge in [-0.1, -0.05) is 5.57 Å². The van der Waals surface area contributed by atoms with Crippen molar-refractivity contribution in [3.8, 4) is 0 Å². The van der Waals surface area contributed by atoms with Crippen LogP contribution in [0.2, 0.25) is 0 Å². The Balaban J connectivity index is 1.28. The SMILES string of the molecule is O=C(CN1C(=O)CCC2=C1CCCC2)N1CCC(CCn2cccn2)CC1. The maximum Gasteiger partial charge on any atom is 0.242 e. The van der Waals surface area contributed by atoms with E-state index in [0.29, 0.717) is 12.3 Å². The van der Waals surface area contributed by atoms with Gasteiger partial charge in [-0.05, 0) is 63.4 Å². The van der Waals surface area contributed by atoms with Crippen LogP contribution in [0.15, 0.2) is 29.7 Å². The number of hydrogen-bond acceptors (Lipinski definition) is 3. The minimum atomic E-state index is 0.119. The first kappa shape index (κ1) is 18.3. The van der Waals surface area contributed by atoms with Crippen molar-refractivity contribution in [2.24, 2.45) is 5.92 Å². The van der Waals surface area contributed by atoms with Crippen molar-refractivity contribution in [1.29, 1.82) is 0 Å². The van der Waals surface area contributed by atoms with Gasteiger partial charge in [0.1, 0.15) is 6.54 Å². The number of allylic oxidation sites excluding steroid dienone is 2. The van der Waals surface area contributed by atoms with Gasteiger partial charge >= 0.3 is 0 Å². The quantitative estimate of drug-likeness (QED) is 0.801. The Morgan fingerprint density at radius 2 is 1.93 bits per heavy atom. The molecule has 1 aromatic rings. The summed E-state index contributed by atoms with van der Waals surface area (Å²) < 4.78 is 1.98. The second-order valence-corrected chi connectivity index (χ2v) is 8.12. The Kier molecular flexibility index (Phi) is 5.60. The summed E-state index contributed by atoms with van der Waals surface area (Å²) in [5.41, 5.74) is 2.59. The van der Waals surface area contributed by atoms with E-state index in [1.165, 1.54) is 17.7 Å². The molecular formula is C21H30N4O2. The fourth-order valence-electron chi connectivity index (χ4n) is 4.73. The molecule has 0 radical (unpaired) electrons. The van der Waals surface area contributed by atoms with Crippen LogP contribution in [0.4, 0.5) is 0 Å². The zero-order valence-electron chi connectivity index (χ0n) is 16.1. The molecule has 1 aliphatic carbocycles. The number of hydrogen-bond donors (Lipinski definition) is 0. The minimum absolute atomic E-state index is 0.119. The van der Waals surface area contributed by atoms with Gasteiger partial charge in [0, 0.05) is 44.1 Å². The summed E-state index contributed by atoms with van der Waals surface area (Å²) in [5, 5.41) is 4.26. The number of rotatable bonds is 5. The highest BCUT2D eigenvalue weighted by Crippen LogP contribution is 2.34. The topological polar surface area (TPSA) is 58.4 Å². The van der Waals surface area contributed by atoms with Crippen LogP contribution in [0.3, 0.4) is 0 Å². The molecule has 0 bridgehead atoms. The third kappa shape index (κ3) is 4.25. The van der Waals surface area contributed by atoms with Gasteiger partial charge in [-0.15, -0.1) is 0 Å². The van der Waals surface area contributed by atoms with Crippen molar-refractivity contribution in [3.05, 3.63) is 29.7 Å². The van der Waals surface area contributed by atoms with Gasteiger partial charge in [0.2, 0.25) is 11.8 Å². The summed E-state index contributed by atoms with van der Waals surface area (Å²) in [6, 6.07) is 1.95. The summed E-state index contributed by atoms with van der Waals surface area (Å²) in [5.74, 6) is 0.911. The van der Waals surface area contributed by atoms with E-state index in [0.717, 1.165) is 64.6 Å². The number of likely N-dealkylation sites (tertiary alicyclic amines) is 1. The molecule has 1 aromatic heterocycles. The highest BCUT2D eigenvalue weighted by molar-refractivity contribution is 5.87. The lowest BCUT2D eigenvalue weighted by Crippen LogP contribution is -2.46. The Morgan fingerprint density at radius 1 is 1.11 bits per heavy atom. The van der Waals surface area contributed by atoms with Gasteiger partial charge in [0.25, 0.3) is 0 Å². The summed E-state index contributed by atoms with van der Waals surface area (Å²) in [6.07, 6.45) is 12.9. The van der Waals surface area contributed by atoms with E-state index in [1.807, 2.05) is 32.9 Å². The highest BCUT2D eigenvalue weighted by atomic mass is 16.2. The fourth-order valence-corrected chi connectivity index (χ4v) is 4.73. The lowest BCUT2D eigenvalue weighted by molar-refractivity contribution is -0.140. The zero-order valence-corrected chi connectivity index (χ0v) is 16.1. The van der Waals surface area contributed by atoms with Crippen molar-refractivity contribution in [2.45, 2.75) is 64.3 Å². The van der Waals surface area contributed by atoms with E-state index in [2.05, 4.69) is 5.10 Å². The molecular weight excluding hydrogens is 340 g/mol. The fraction of sp³-hybridized carbons (Fsp3) is 0.667. The van der Waals surface area contributed by atoms with Crippen LogP contribution in [0, 0.1) is 5.92 Å². The second kappa shape index (κ2) is 8.28. The van der Waals surface area contributed by atoms with Gasteiger partial charge in [-0.2, -0.15) is 5.10 Å². The van der Waals surface area contributed by atoms with Crippen LogP contribution in [0.5, 0.6) is 0 Å². The number of aromatic nitrogens is 2. The van der Waals surface area contributed by atoms with Crippen LogP contribution in [-0.2, 0) is 16.1 Å². The summed E-state index contributed by atoms with van der Waals surface area (Å²) in [6.45, 7) is 2.83. The van der Waals surface area contributed by atoms with E-state index in [9.17, 15) is 9.59 Å². The Bertz CT molecular complexity index is 702. The van der Waals surface area contributed by atoms with E-state index < -0.39 is 0 Å². The monoisotopic (exact) mass is 370 g/mol. The molecule has 1 saturated heterocycles. The largest absolute Gasteiger partial charge is 0.341 e. The van der Waals surface area contributed by atoms with Crippen molar-refractivity contribution in [1.82, 2.24) is 19.6 Å². The Morgan fingerprint density at radius 3 is 2.70 bits per heavy atom. The van der Waals surface area contributed by atoms with E-state index in [4.69, 9.17) is 0 Å². The normalized spacial score (nSPS) is 21.6. The molecule has 6 nitrogen and oxygen atoms in total. The molecule has 2 aliphatic heterocycles. The molecule has 6 heteroatoms. The molecule has 146 valence electrons. The molecule has 0 atom stereocenters. The van der Waals surface area contributed by atoms with Crippen LogP contribution in [-0.4, -0.2) is 51.0 Å². The first-order valence-corrected chi connectivity index (χ1v) is 10.5. The number of nitrogens with zero attached hydrogens (tertiary/aromatic N) is 4. The number of piperidine rings is 1. The predicted octanol–water partition coefficient (Wildman–Crippen LogP) is 2.96. The molecule has 4 rings (SSSR count). The smallest absolute Gasteiger partial charge is 0.242 e. The van der Waals surface area contributed by atoms with Crippen LogP contribution >= 0.6 is 0 Å². The van der Waals surface area contributed by atoms with Crippen molar-refractivity contribution >= 4 is 11.8 Å². The second-order valence-electron chi connectivity index (χ2n) is 8.12. The van der Waals surface area contributed by atoms with E-state index in [-0.39, 0.29) is 18.4 Å². The summed E-state index contributed by atoms with van der Waals surface area (Å²) >= 11 is 0. The van der Waals surface area contributed by atoms with Crippen LogP contribution in [0.1, 0.15) is 57.8 Å². The molecule has 0 aromatic carbocycles. The molecule has 0 saturated carbocycles. The molecule has 2 amide bonds. The van der Waals surface area contributed by atoms with Crippen molar-refractivity contribution < 1.29 is 9.59 Å². The average Bonchev–Trinajstić information content (AvgIpc) is 3.22. The first-order valence-electron chi connectivity index (χ1n) is 10.5. The van der Waals surface area contributed by atoms with Gasteiger partial charge in [0.05, 0.1) is 0 Å². The highest BCUT2D eigenvalue weighted by Gasteiger charge is 2.31. The standard InChI is InChI=1S/C21H30N4O2/c26-20-7-6-18-4-1-2-5-19(18)25(20)16-21(27)23-13-8-17(9-14-23)10-15-24-12-3-11-22-24/h3,11-12,17H,1-2,4-10,13-16H2. The average molecular weight is 370 g/mol.